The van der Waals surface area contributed by atoms with Crippen molar-refractivity contribution in [3.8, 4) is 0 Å². The van der Waals surface area contributed by atoms with E-state index in [0.29, 0.717) is 16.9 Å². The molecule has 0 saturated heterocycles. The lowest BCUT2D eigenvalue weighted by molar-refractivity contribution is 0.0949. The van der Waals surface area contributed by atoms with Crippen molar-refractivity contribution < 1.29 is 4.79 Å². The molecular weight excluding hydrogens is 310 g/mol. The first-order valence-corrected chi connectivity index (χ1v) is 8.21. The largest absolute Gasteiger partial charge is 0.375 e. The molecule has 2 aromatic rings. The average molecular weight is 333 g/mol. The minimum Gasteiger partial charge on any atom is -0.375 e. The molecular formula is C16H23N5OS. The van der Waals surface area contributed by atoms with Gasteiger partial charge >= 0.3 is 0 Å². The SMILES string of the molecule is CCCN(C)c1ccc(C(=O)NCc2n[nH]c(=S)n2CC)cc1. The molecule has 1 aromatic carbocycles. The van der Waals surface area contributed by atoms with Crippen LogP contribution < -0.4 is 10.2 Å². The molecule has 1 heterocycles. The second-order valence-electron chi connectivity index (χ2n) is 5.34. The molecule has 2 N–H and O–H groups in total. The van der Waals surface area contributed by atoms with Crippen LogP contribution >= 0.6 is 12.2 Å². The Bertz CT molecular complexity index is 704. The van der Waals surface area contributed by atoms with Crippen molar-refractivity contribution in [2.75, 3.05) is 18.5 Å². The summed E-state index contributed by atoms with van der Waals surface area (Å²) >= 11 is 5.13. The molecule has 7 heteroatoms. The third-order valence-electron chi connectivity index (χ3n) is 3.69. The highest BCUT2D eigenvalue weighted by atomic mass is 32.1. The second kappa shape index (κ2) is 7.92. The van der Waals surface area contributed by atoms with Gasteiger partial charge in [-0.25, -0.2) is 0 Å². The van der Waals surface area contributed by atoms with Gasteiger partial charge in [0.15, 0.2) is 10.6 Å². The van der Waals surface area contributed by atoms with E-state index in [-0.39, 0.29) is 5.91 Å². The van der Waals surface area contributed by atoms with E-state index in [2.05, 4.69) is 27.3 Å². The molecule has 1 aromatic heterocycles. The minimum atomic E-state index is -0.119. The Balaban J connectivity index is 1.99. The van der Waals surface area contributed by atoms with Gasteiger partial charge in [0, 0.05) is 31.4 Å². The Kier molecular flexibility index (Phi) is 5.92. The Morgan fingerprint density at radius 2 is 2.04 bits per heavy atom. The van der Waals surface area contributed by atoms with Gasteiger partial charge in [-0.2, -0.15) is 5.10 Å². The minimum absolute atomic E-state index is 0.119. The number of benzene rings is 1. The van der Waals surface area contributed by atoms with Crippen LogP contribution in [0.15, 0.2) is 24.3 Å². The summed E-state index contributed by atoms with van der Waals surface area (Å²) in [6.07, 6.45) is 1.09. The van der Waals surface area contributed by atoms with Gasteiger partial charge in [0.2, 0.25) is 0 Å². The molecule has 0 spiro atoms. The highest BCUT2D eigenvalue weighted by Crippen LogP contribution is 2.14. The van der Waals surface area contributed by atoms with Gasteiger partial charge in [0.1, 0.15) is 0 Å². The summed E-state index contributed by atoms with van der Waals surface area (Å²) in [7, 11) is 2.05. The summed E-state index contributed by atoms with van der Waals surface area (Å²) in [5.41, 5.74) is 1.74. The number of nitrogens with zero attached hydrogens (tertiary/aromatic N) is 3. The summed E-state index contributed by atoms with van der Waals surface area (Å²) < 4.78 is 2.43. The summed E-state index contributed by atoms with van der Waals surface area (Å²) in [5.74, 6) is 0.608. The van der Waals surface area contributed by atoms with E-state index in [1.807, 2.05) is 42.8 Å². The van der Waals surface area contributed by atoms with Crippen LogP contribution in [0.25, 0.3) is 0 Å². The fraction of sp³-hybridized carbons (Fsp3) is 0.438. The molecule has 0 fully saturated rings. The van der Waals surface area contributed by atoms with Gasteiger partial charge in [-0.15, -0.1) is 0 Å². The number of carbonyl (C=O) groups excluding carboxylic acids is 1. The molecule has 0 aliphatic heterocycles. The number of nitrogens with one attached hydrogen (secondary N) is 2. The Morgan fingerprint density at radius 3 is 2.65 bits per heavy atom. The average Bonchev–Trinajstić information content (AvgIpc) is 2.92. The number of hydrogen-bond donors (Lipinski definition) is 2. The first-order chi connectivity index (χ1) is 11.1. The highest BCUT2D eigenvalue weighted by molar-refractivity contribution is 7.71. The quantitative estimate of drug-likeness (QED) is 0.765. The molecule has 0 unspecified atom stereocenters. The summed E-state index contributed by atoms with van der Waals surface area (Å²) in [5, 5.41) is 9.75. The molecule has 6 nitrogen and oxygen atoms in total. The number of aromatic amines is 1. The number of carbonyl (C=O) groups is 1. The van der Waals surface area contributed by atoms with Crippen LogP contribution in [0, 0.1) is 4.77 Å². The smallest absolute Gasteiger partial charge is 0.251 e. The number of anilines is 1. The lowest BCUT2D eigenvalue weighted by Crippen LogP contribution is -2.25. The molecule has 2 rings (SSSR count). The second-order valence-corrected chi connectivity index (χ2v) is 5.73. The van der Waals surface area contributed by atoms with Crippen LogP contribution in [0.3, 0.4) is 0 Å². The number of aromatic nitrogens is 3. The zero-order valence-electron chi connectivity index (χ0n) is 13.8. The summed E-state index contributed by atoms with van der Waals surface area (Å²) in [4.78, 5) is 14.4. The third kappa shape index (κ3) is 4.19. The van der Waals surface area contributed by atoms with E-state index in [1.54, 1.807) is 0 Å². The summed E-state index contributed by atoms with van der Waals surface area (Å²) in [6.45, 7) is 6.19. The first-order valence-electron chi connectivity index (χ1n) is 7.80. The van der Waals surface area contributed by atoms with Crippen molar-refractivity contribution in [1.82, 2.24) is 20.1 Å². The van der Waals surface area contributed by atoms with Crippen molar-refractivity contribution in [3.63, 3.8) is 0 Å². The fourth-order valence-corrected chi connectivity index (χ4v) is 2.68. The molecule has 23 heavy (non-hydrogen) atoms. The third-order valence-corrected chi connectivity index (χ3v) is 4.00. The molecule has 0 aliphatic rings. The molecule has 1 amide bonds. The number of amides is 1. The van der Waals surface area contributed by atoms with E-state index >= 15 is 0 Å². The Labute approximate surface area is 141 Å². The van der Waals surface area contributed by atoms with Crippen molar-refractivity contribution in [1.29, 1.82) is 0 Å². The maximum atomic E-state index is 12.2. The van der Waals surface area contributed by atoms with Gasteiger partial charge < -0.3 is 14.8 Å². The van der Waals surface area contributed by atoms with E-state index < -0.39 is 0 Å². The van der Waals surface area contributed by atoms with Crippen LogP contribution in [-0.4, -0.2) is 34.3 Å². The van der Waals surface area contributed by atoms with Crippen LogP contribution in [0.2, 0.25) is 0 Å². The molecule has 0 bridgehead atoms. The number of H-pyrrole nitrogens is 1. The lowest BCUT2D eigenvalue weighted by atomic mass is 10.2. The van der Waals surface area contributed by atoms with Gasteiger partial charge in [-0.1, -0.05) is 6.92 Å². The monoisotopic (exact) mass is 333 g/mol. The zero-order valence-corrected chi connectivity index (χ0v) is 14.6. The first kappa shape index (κ1) is 17.2. The van der Waals surface area contributed by atoms with Gasteiger partial charge in [-0.3, -0.25) is 9.89 Å². The van der Waals surface area contributed by atoms with Crippen molar-refractivity contribution in [2.45, 2.75) is 33.4 Å². The predicted octanol–water partition coefficient (Wildman–Crippen LogP) is 2.74. The lowest BCUT2D eigenvalue weighted by Gasteiger charge is -2.18. The Morgan fingerprint density at radius 1 is 1.35 bits per heavy atom. The standard InChI is InChI=1S/C16H23N5OS/c1-4-10-20(3)13-8-6-12(7-9-13)15(22)17-11-14-18-19-16(23)21(14)5-2/h6-9H,4-5,10-11H2,1-3H3,(H,17,22)(H,19,23). The van der Waals surface area contributed by atoms with E-state index in [1.165, 1.54) is 0 Å². The predicted molar refractivity (Wildman–Crippen MR) is 94.3 cm³/mol. The molecule has 0 aliphatic carbocycles. The van der Waals surface area contributed by atoms with E-state index in [9.17, 15) is 4.79 Å². The van der Waals surface area contributed by atoms with Crippen molar-refractivity contribution in [3.05, 3.63) is 40.4 Å². The Hall–Kier alpha value is -2.15. The van der Waals surface area contributed by atoms with Crippen LogP contribution in [0.1, 0.15) is 36.5 Å². The normalized spacial score (nSPS) is 10.6. The van der Waals surface area contributed by atoms with Crippen LogP contribution in [-0.2, 0) is 13.1 Å². The van der Waals surface area contributed by atoms with E-state index in [4.69, 9.17) is 12.2 Å². The maximum Gasteiger partial charge on any atom is 0.251 e. The van der Waals surface area contributed by atoms with Crippen LogP contribution in [0.4, 0.5) is 5.69 Å². The van der Waals surface area contributed by atoms with Crippen LogP contribution in [0.5, 0.6) is 0 Å². The highest BCUT2D eigenvalue weighted by Gasteiger charge is 2.09. The molecule has 0 atom stereocenters. The molecule has 124 valence electrons. The topological polar surface area (TPSA) is 66.0 Å². The molecule has 0 saturated carbocycles. The van der Waals surface area contributed by atoms with Crippen molar-refractivity contribution in [2.24, 2.45) is 0 Å². The number of hydrogen-bond acceptors (Lipinski definition) is 4. The molecule has 0 radical (unpaired) electrons. The fourth-order valence-electron chi connectivity index (χ4n) is 2.40. The van der Waals surface area contributed by atoms with Crippen molar-refractivity contribution >= 4 is 23.8 Å². The van der Waals surface area contributed by atoms with E-state index in [0.717, 1.165) is 31.0 Å². The van der Waals surface area contributed by atoms with Gasteiger partial charge in [0.05, 0.1) is 6.54 Å². The van der Waals surface area contributed by atoms with Gasteiger partial charge in [-0.05, 0) is 49.8 Å². The summed E-state index contributed by atoms with van der Waals surface area (Å²) in [6, 6.07) is 7.61. The zero-order chi connectivity index (χ0) is 16.8. The maximum absolute atomic E-state index is 12.2. The van der Waals surface area contributed by atoms with Gasteiger partial charge in [0.25, 0.3) is 5.91 Å². The number of rotatable bonds is 7.